The molecule has 3 aromatic rings. The van der Waals surface area contributed by atoms with Crippen molar-refractivity contribution >= 4 is 17.5 Å². The molecule has 0 saturated carbocycles. The molecule has 2 aromatic heterocycles. The van der Waals surface area contributed by atoms with Gasteiger partial charge in [0, 0.05) is 35.8 Å². The lowest BCUT2D eigenvalue weighted by Crippen LogP contribution is -2.21. The smallest absolute Gasteiger partial charge is 0.225 e. The maximum absolute atomic E-state index is 9.39. The first kappa shape index (κ1) is 16.7. The third-order valence-electron chi connectivity index (χ3n) is 3.49. The van der Waals surface area contributed by atoms with Crippen LogP contribution in [-0.2, 0) is 0 Å². The van der Waals surface area contributed by atoms with E-state index >= 15 is 0 Å². The quantitative estimate of drug-likeness (QED) is 0.513. The number of aromatic nitrogens is 3. The van der Waals surface area contributed by atoms with Crippen molar-refractivity contribution in [2.45, 2.75) is 13.0 Å². The molecule has 3 rings (SSSR count). The highest BCUT2D eigenvalue weighted by Gasteiger charge is 2.09. The normalized spacial score (nSPS) is 11.8. The van der Waals surface area contributed by atoms with Crippen LogP contribution in [0.25, 0.3) is 11.3 Å². The zero-order valence-electron chi connectivity index (χ0n) is 13.7. The fourth-order valence-electron chi connectivity index (χ4n) is 2.21. The summed E-state index contributed by atoms with van der Waals surface area (Å²) in [7, 11) is 0. The van der Waals surface area contributed by atoms with Crippen LogP contribution in [-0.4, -0.2) is 37.8 Å². The average Bonchev–Trinajstić information content (AvgIpc) is 2.64. The molecule has 0 aliphatic carbocycles. The van der Waals surface area contributed by atoms with Crippen LogP contribution in [0.3, 0.4) is 0 Å². The van der Waals surface area contributed by atoms with E-state index in [9.17, 15) is 10.2 Å². The van der Waals surface area contributed by atoms with Gasteiger partial charge in [-0.05, 0) is 43.3 Å². The third-order valence-corrected chi connectivity index (χ3v) is 3.49. The molecule has 0 fully saturated rings. The maximum Gasteiger partial charge on any atom is 0.225 e. The Kier molecular flexibility index (Phi) is 5.06. The summed E-state index contributed by atoms with van der Waals surface area (Å²) in [6.45, 7) is 1.82. The zero-order valence-corrected chi connectivity index (χ0v) is 13.7. The van der Waals surface area contributed by atoms with Crippen molar-refractivity contribution in [2.75, 3.05) is 17.2 Å². The molecule has 4 N–H and O–H groups in total. The van der Waals surface area contributed by atoms with Crippen LogP contribution in [0, 0.1) is 0 Å². The van der Waals surface area contributed by atoms with Crippen LogP contribution < -0.4 is 10.6 Å². The number of rotatable bonds is 6. The number of benzene rings is 1. The van der Waals surface area contributed by atoms with Gasteiger partial charge in [0.05, 0.1) is 12.3 Å². The van der Waals surface area contributed by atoms with Gasteiger partial charge in [-0.25, -0.2) is 4.98 Å². The van der Waals surface area contributed by atoms with Crippen LogP contribution in [0.15, 0.2) is 54.9 Å². The highest BCUT2D eigenvalue weighted by atomic mass is 16.3. The summed E-state index contributed by atoms with van der Waals surface area (Å²) in [5.74, 6) is 1.21. The molecule has 0 amide bonds. The Labute approximate surface area is 145 Å². The molecule has 0 bridgehead atoms. The molecule has 2 heterocycles. The van der Waals surface area contributed by atoms with E-state index in [1.54, 1.807) is 36.7 Å². The molecule has 0 unspecified atom stereocenters. The SMILES string of the molecule is C[C@@H](CO)Nc1nc(Nc2ccc(O)cc2)cc(-c2ccncc2)n1. The number of aromatic hydroxyl groups is 1. The second-order valence-corrected chi connectivity index (χ2v) is 5.60. The van der Waals surface area contributed by atoms with Crippen molar-refractivity contribution in [3.8, 4) is 17.0 Å². The molecule has 0 radical (unpaired) electrons. The fraction of sp³-hybridized carbons (Fsp3) is 0.167. The standard InChI is InChI=1S/C18H19N5O2/c1-12(11-24)20-18-22-16(13-6-8-19-9-7-13)10-17(23-18)21-14-2-4-15(25)5-3-14/h2-10,12,24-25H,11H2,1H3,(H2,20,21,22,23)/t12-/m0/s1. The topological polar surface area (TPSA) is 103 Å². The third kappa shape index (κ3) is 4.42. The number of hydrogen-bond donors (Lipinski definition) is 4. The largest absolute Gasteiger partial charge is 0.508 e. The molecular formula is C18H19N5O2. The highest BCUT2D eigenvalue weighted by Crippen LogP contribution is 2.24. The van der Waals surface area contributed by atoms with E-state index in [-0.39, 0.29) is 18.4 Å². The summed E-state index contributed by atoms with van der Waals surface area (Å²) >= 11 is 0. The van der Waals surface area contributed by atoms with Crippen molar-refractivity contribution in [2.24, 2.45) is 0 Å². The lowest BCUT2D eigenvalue weighted by atomic mass is 10.2. The average molecular weight is 337 g/mol. The van der Waals surface area contributed by atoms with Crippen LogP contribution in [0.5, 0.6) is 5.75 Å². The summed E-state index contributed by atoms with van der Waals surface area (Å²) in [5, 5.41) is 24.9. The number of nitrogens with one attached hydrogen (secondary N) is 2. The second-order valence-electron chi connectivity index (χ2n) is 5.60. The summed E-state index contributed by atoms with van der Waals surface area (Å²) < 4.78 is 0. The Morgan fingerprint density at radius 1 is 1.04 bits per heavy atom. The highest BCUT2D eigenvalue weighted by molar-refractivity contribution is 5.67. The van der Waals surface area contributed by atoms with Gasteiger partial charge in [-0.1, -0.05) is 0 Å². The molecule has 0 spiro atoms. The number of pyridine rings is 1. The van der Waals surface area contributed by atoms with Crippen molar-refractivity contribution in [1.82, 2.24) is 15.0 Å². The molecule has 0 aliphatic heterocycles. The van der Waals surface area contributed by atoms with Gasteiger partial charge in [-0.15, -0.1) is 0 Å². The van der Waals surface area contributed by atoms with Crippen LogP contribution >= 0.6 is 0 Å². The molecule has 1 atom stereocenters. The Hall–Kier alpha value is -3.19. The predicted octanol–water partition coefficient (Wildman–Crippen LogP) is 2.78. The molecule has 7 heteroatoms. The number of aliphatic hydroxyl groups is 1. The van der Waals surface area contributed by atoms with Gasteiger partial charge >= 0.3 is 0 Å². The van der Waals surface area contributed by atoms with Gasteiger partial charge in [-0.3, -0.25) is 4.98 Å². The van der Waals surface area contributed by atoms with E-state index in [1.165, 1.54) is 0 Å². The minimum absolute atomic E-state index is 0.0242. The Balaban J connectivity index is 1.95. The van der Waals surface area contributed by atoms with Gasteiger partial charge in [0.1, 0.15) is 11.6 Å². The zero-order chi connectivity index (χ0) is 17.6. The number of anilines is 3. The second kappa shape index (κ2) is 7.59. The Morgan fingerprint density at radius 2 is 1.76 bits per heavy atom. The van der Waals surface area contributed by atoms with Crippen LogP contribution in [0.4, 0.5) is 17.5 Å². The number of aliphatic hydroxyl groups excluding tert-OH is 1. The minimum atomic E-state index is -0.172. The van der Waals surface area contributed by atoms with E-state index in [0.29, 0.717) is 11.8 Å². The lowest BCUT2D eigenvalue weighted by Gasteiger charge is -2.14. The number of phenols is 1. The summed E-state index contributed by atoms with van der Waals surface area (Å²) in [6, 6.07) is 12.1. The van der Waals surface area contributed by atoms with Crippen LogP contribution in [0.2, 0.25) is 0 Å². The first-order valence-electron chi connectivity index (χ1n) is 7.87. The Morgan fingerprint density at radius 3 is 2.44 bits per heavy atom. The van der Waals surface area contributed by atoms with Gasteiger partial charge in [-0.2, -0.15) is 4.98 Å². The van der Waals surface area contributed by atoms with E-state index in [1.807, 2.05) is 25.1 Å². The predicted molar refractivity (Wildman–Crippen MR) is 96.8 cm³/mol. The van der Waals surface area contributed by atoms with Crippen molar-refractivity contribution in [3.63, 3.8) is 0 Å². The van der Waals surface area contributed by atoms with Crippen LogP contribution in [0.1, 0.15) is 6.92 Å². The van der Waals surface area contributed by atoms with E-state index in [2.05, 4.69) is 25.6 Å². The minimum Gasteiger partial charge on any atom is -0.508 e. The van der Waals surface area contributed by atoms with Gasteiger partial charge < -0.3 is 20.8 Å². The summed E-state index contributed by atoms with van der Waals surface area (Å²) in [4.78, 5) is 13.0. The molecule has 7 nitrogen and oxygen atoms in total. The Bertz CT molecular complexity index is 825. The van der Waals surface area contributed by atoms with Gasteiger partial charge in [0.2, 0.25) is 5.95 Å². The van der Waals surface area contributed by atoms with Crippen molar-refractivity contribution in [1.29, 1.82) is 0 Å². The molecular weight excluding hydrogens is 318 g/mol. The van der Waals surface area contributed by atoms with Crippen molar-refractivity contribution < 1.29 is 10.2 Å². The first-order chi connectivity index (χ1) is 12.1. The monoisotopic (exact) mass is 337 g/mol. The number of nitrogens with zero attached hydrogens (tertiary/aromatic N) is 3. The lowest BCUT2D eigenvalue weighted by molar-refractivity contribution is 0.281. The number of phenolic OH excluding ortho intramolecular Hbond substituents is 1. The van der Waals surface area contributed by atoms with Crippen molar-refractivity contribution in [3.05, 3.63) is 54.9 Å². The van der Waals surface area contributed by atoms with Gasteiger partial charge in [0.25, 0.3) is 0 Å². The maximum atomic E-state index is 9.39. The molecule has 0 aliphatic rings. The van der Waals surface area contributed by atoms with E-state index < -0.39 is 0 Å². The summed E-state index contributed by atoms with van der Waals surface area (Å²) in [5.41, 5.74) is 2.43. The molecule has 1 aromatic carbocycles. The summed E-state index contributed by atoms with van der Waals surface area (Å²) in [6.07, 6.45) is 3.40. The molecule has 0 saturated heterocycles. The molecule has 25 heavy (non-hydrogen) atoms. The first-order valence-corrected chi connectivity index (χ1v) is 7.87. The van der Waals surface area contributed by atoms with Gasteiger partial charge in [0.15, 0.2) is 0 Å². The van der Waals surface area contributed by atoms with E-state index in [4.69, 9.17) is 0 Å². The fourth-order valence-corrected chi connectivity index (χ4v) is 2.21. The molecule has 128 valence electrons. The van der Waals surface area contributed by atoms with E-state index in [0.717, 1.165) is 16.9 Å². The number of hydrogen-bond acceptors (Lipinski definition) is 7.